The number of fused-ring (bicyclic) bond motifs is 2. The Morgan fingerprint density at radius 2 is 2.19 bits per heavy atom. The van der Waals surface area contributed by atoms with Crippen LogP contribution < -0.4 is 10.3 Å². The van der Waals surface area contributed by atoms with Crippen LogP contribution in [0.15, 0.2) is 29.1 Å². The van der Waals surface area contributed by atoms with Gasteiger partial charge in [-0.05, 0) is 50.2 Å². The maximum Gasteiger partial charge on any atom is 0.312 e. The van der Waals surface area contributed by atoms with E-state index in [0.717, 1.165) is 36.2 Å². The van der Waals surface area contributed by atoms with Crippen LogP contribution in [0.4, 0.5) is 0 Å². The molecule has 2 saturated heterocycles. The third-order valence-electron chi connectivity index (χ3n) is 6.13. The average molecular weight is 371 g/mol. The molecule has 2 atom stereocenters. The minimum absolute atomic E-state index is 0.121. The highest BCUT2D eigenvalue weighted by Gasteiger charge is 2.54. The second kappa shape index (κ2) is 6.65. The first-order chi connectivity index (χ1) is 12.9. The summed E-state index contributed by atoms with van der Waals surface area (Å²) in [4.78, 5) is 31.7. The first-order valence-corrected chi connectivity index (χ1v) is 9.25. The largest absolute Gasteiger partial charge is 0.497 e. The van der Waals surface area contributed by atoms with E-state index in [-0.39, 0.29) is 11.5 Å². The molecule has 0 amide bonds. The summed E-state index contributed by atoms with van der Waals surface area (Å²) in [5.41, 5.74) is 0.565. The Morgan fingerprint density at radius 1 is 1.37 bits per heavy atom. The number of H-pyrrole nitrogens is 1. The Kier molecular flexibility index (Phi) is 4.44. The number of ether oxygens (including phenoxy) is 1. The van der Waals surface area contributed by atoms with Crippen LogP contribution in [0.1, 0.15) is 12.0 Å². The quantitative estimate of drug-likeness (QED) is 0.844. The van der Waals surface area contributed by atoms with Gasteiger partial charge in [-0.3, -0.25) is 14.5 Å². The van der Waals surface area contributed by atoms with Crippen molar-refractivity contribution in [2.75, 3.05) is 40.3 Å². The number of nitrogens with one attached hydrogen (secondary N) is 1. The molecule has 144 valence electrons. The Balaban J connectivity index is 1.62. The minimum atomic E-state index is -0.736. The Labute approximate surface area is 157 Å². The number of pyridine rings is 1. The van der Waals surface area contributed by atoms with E-state index in [4.69, 9.17) is 4.74 Å². The van der Waals surface area contributed by atoms with Gasteiger partial charge in [0.2, 0.25) is 0 Å². The standard InChI is InChI=1S/C20H25N3O4/c1-22-6-5-15-10-23(12-20(15,11-22)19(25)26)9-14-7-13-8-16(27-2)3-4-17(13)21-18(14)24/h3-4,7-8,15H,5-6,9-12H2,1-2H3,(H,21,24)(H,25,26)/t15-,20-/m0/s1. The summed E-state index contributed by atoms with van der Waals surface area (Å²) < 4.78 is 5.27. The third-order valence-corrected chi connectivity index (χ3v) is 6.13. The molecule has 2 aliphatic rings. The van der Waals surface area contributed by atoms with Crippen LogP contribution in [0.25, 0.3) is 10.9 Å². The van der Waals surface area contributed by atoms with Gasteiger partial charge in [-0.2, -0.15) is 0 Å². The summed E-state index contributed by atoms with van der Waals surface area (Å²) >= 11 is 0. The molecule has 7 nitrogen and oxygen atoms in total. The molecule has 4 rings (SSSR count). The van der Waals surface area contributed by atoms with Crippen LogP contribution in [0.3, 0.4) is 0 Å². The van der Waals surface area contributed by atoms with Crippen molar-refractivity contribution in [2.24, 2.45) is 11.3 Å². The smallest absolute Gasteiger partial charge is 0.312 e. The Morgan fingerprint density at radius 3 is 2.93 bits per heavy atom. The zero-order valence-corrected chi connectivity index (χ0v) is 15.7. The molecule has 3 heterocycles. The lowest BCUT2D eigenvalue weighted by Crippen LogP contribution is -2.52. The molecule has 1 aromatic carbocycles. The van der Waals surface area contributed by atoms with Crippen LogP contribution in [0.2, 0.25) is 0 Å². The van der Waals surface area contributed by atoms with Crippen molar-refractivity contribution in [1.82, 2.24) is 14.8 Å². The summed E-state index contributed by atoms with van der Waals surface area (Å²) in [5.74, 6) is 0.144. The molecular weight excluding hydrogens is 346 g/mol. The molecule has 2 fully saturated rings. The minimum Gasteiger partial charge on any atom is -0.497 e. The molecular formula is C20H25N3O4. The number of rotatable bonds is 4. The molecule has 7 heteroatoms. The number of carbonyl (C=O) groups is 1. The summed E-state index contributed by atoms with van der Waals surface area (Å²) in [5, 5.41) is 10.8. The summed E-state index contributed by atoms with van der Waals surface area (Å²) in [6, 6.07) is 7.43. The predicted octanol–water partition coefficient (Wildman–Crippen LogP) is 1.38. The maximum atomic E-state index is 12.5. The van der Waals surface area contributed by atoms with Crippen LogP contribution in [0, 0.1) is 11.3 Å². The zero-order valence-electron chi connectivity index (χ0n) is 15.7. The van der Waals surface area contributed by atoms with Crippen molar-refractivity contribution in [1.29, 1.82) is 0 Å². The fourth-order valence-corrected chi connectivity index (χ4v) is 4.71. The van der Waals surface area contributed by atoms with Gasteiger partial charge in [-0.25, -0.2) is 0 Å². The molecule has 0 saturated carbocycles. The fourth-order valence-electron chi connectivity index (χ4n) is 4.71. The molecule has 0 bridgehead atoms. The number of hydrogen-bond donors (Lipinski definition) is 2. The number of aromatic amines is 1. The number of aromatic nitrogens is 1. The van der Waals surface area contributed by atoms with E-state index in [1.807, 2.05) is 31.3 Å². The zero-order chi connectivity index (χ0) is 19.2. The lowest BCUT2D eigenvalue weighted by Gasteiger charge is -2.39. The van der Waals surface area contributed by atoms with Crippen LogP contribution in [-0.2, 0) is 11.3 Å². The Bertz CT molecular complexity index is 940. The molecule has 0 aliphatic carbocycles. The highest BCUT2D eigenvalue weighted by Crippen LogP contribution is 2.42. The number of hydrogen-bond acceptors (Lipinski definition) is 5. The van der Waals surface area contributed by atoms with E-state index < -0.39 is 11.4 Å². The van der Waals surface area contributed by atoms with E-state index in [2.05, 4.69) is 14.8 Å². The van der Waals surface area contributed by atoms with Crippen molar-refractivity contribution in [3.8, 4) is 5.75 Å². The molecule has 2 aromatic rings. The van der Waals surface area contributed by atoms with Gasteiger partial charge < -0.3 is 19.7 Å². The van der Waals surface area contributed by atoms with E-state index in [1.165, 1.54) is 0 Å². The topological polar surface area (TPSA) is 85.9 Å². The number of piperidine rings is 1. The van der Waals surface area contributed by atoms with Crippen molar-refractivity contribution in [2.45, 2.75) is 13.0 Å². The van der Waals surface area contributed by atoms with Gasteiger partial charge in [0.1, 0.15) is 5.75 Å². The van der Waals surface area contributed by atoms with Crippen molar-refractivity contribution >= 4 is 16.9 Å². The summed E-state index contributed by atoms with van der Waals surface area (Å²) in [6.07, 6.45) is 0.880. The highest BCUT2D eigenvalue weighted by atomic mass is 16.5. The number of methoxy groups -OCH3 is 1. The van der Waals surface area contributed by atoms with Crippen LogP contribution >= 0.6 is 0 Å². The molecule has 0 spiro atoms. The summed E-state index contributed by atoms with van der Waals surface area (Å²) in [6.45, 7) is 3.14. The first-order valence-electron chi connectivity index (χ1n) is 9.25. The molecule has 2 N–H and O–H groups in total. The van der Waals surface area contributed by atoms with E-state index in [0.29, 0.717) is 25.2 Å². The third kappa shape index (κ3) is 3.11. The molecule has 0 unspecified atom stereocenters. The molecule has 27 heavy (non-hydrogen) atoms. The second-order valence-corrected chi connectivity index (χ2v) is 7.93. The van der Waals surface area contributed by atoms with E-state index in [1.54, 1.807) is 7.11 Å². The average Bonchev–Trinajstić information content (AvgIpc) is 3.00. The van der Waals surface area contributed by atoms with Gasteiger partial charge in [0, 0.05) is 42.6 Å². The van der Waals surface area contributed by atoms with E-state index >= 15 is 0 Å². The van der Waals surface area contributed by atoms with Gasteiger partial charge in [-0.1, -0.05) is 0 Å². The second-order valence-electron chi connectivity index (χ2n) is 7.93. The van der Waals surface area contributed by atoms with Gasteiger partial charge >= 0.3 is 5.97 Å². The van der Waals surface area contributed by atoms with Gasteiger partial charge in [0.05, 0.1) is 12.5 Å². The van der Waals surface area contributed by atoms with E-state index in [9.17, 15) is 14.7 Å². The van der Waals surface area contributed by atoms with Gasteiger partial charge in [0.15, 0.2) is 0 Å². The fraction of sp³-hybridized carbons (Fsp3) is 0.500. The van der Waals surface area contributed by atoms with Crippen LogP contribution in [0.5, 0.6) is 5.75 Å². The summed E-state index contributed by atoms with van der Waals surface area (Å²) in [7, 11) is 3.59. The van der Waals surface area contributed by atoms with Crippen molar-refractivity contribution in [3.05, 3.63) is 40.2 Å². The van der Waals surface area contributed by atoms with Crippen LogP contribution in [-0.4, -0.2) is 66.2 Å². The lowest BCUT2D eigenvalue weighted by molar-refractivity contribution is -0.153. The number of carboxylic acid groups (broad SMARTS) is 1. The number of benzene rings is 1. The first kappa shape index (κ1) is 18.0. The Hall–Kier alpha value is -2.38. The SMILES string of the molecule is COc1ccc2[nH]c(=O)c(CN3C[C@@H]4CCN(C)C[C@]4(C(=O)O)C3)cc2c1. The number of carboxylic acids is 1. The normalized spacial score (nSPS) is 26.2. The van der Waals surface area contributed by atoms with Crippen molar-refractivity contribution in [3.63, 3.8) is 0 Å². The monoisotopic (exact) mass is 371 g/mol. The molecule has 1 aromatic heterocycles. The van der Waals surface area contributed by atoms with Gasteiger partial charge in [-0.15, -0.1) is 0 Å². The number of likely N-dealkylation sites (tertiary alicyclic amines) is 2. The predicted molar refractivity (Wildman–Crippen MR) is 102 cm³/mol. The molecule has 2 aliphatic heterocycles. The lowest BCUT2D eigenvalue weighted by atomic mass is 9.73. The van der Waals surface area contributed by atoms with Gasteiger partial charge in [0.25, 0.3) is 5.56 Å². The number of nitrogens with zero attached hydrogens (tertiary/aromatic N) is 2. The highest BCUT2D eigenvalue weighted by molar-refractivity contribution is 5.80. The molecule has 0 radical (unpaired) electrons. The number of aliphatic carboxylic acids is 1. The maximum absolute atomic E-state index is 12.5. The van der Waals surface area contributed by atoms with Crippen molar-refractivity contribution < 1.29 is 14.6 Å².